The standard InChI is InChI=1S/C13H16Br2N4/c1-7(2)19-13(12(16)8(3)18-19)17-11-6-9(14)4-5-10(11)15/h4-7,17H,16H2,1-3H3. The van der Waals surface area contributed by atoms with Gasteiger partial charge in [0.15, 0.2) is 5.82 Å². The average Bonchev–Trinajstić information content (AvgIpc) is 2.62. The van der Waals surface area contributed by atoms with Gasteiger partial charge in [-0.15, -0.1) is 0 Å². The largest absolute Gasteiger partial charge is 0.394 e. The van der Waals surface area contributed by atoms with Crippen molar-refractivity contribution in [2.45, 2.75) is 26.8 Å². The van der Waals surface area contributed by atoms with Crippen LogP contribution in [0, 0.1) is 6.92 Å². The minimum absolute atomic E-state index is 0.240. The van der Waals surface area contributed by atoms with E-state index >= 15 is 0 Å². The highest BCUT2D eigenvalue weighted by Gasteiger charge is 2.15. The summed E-state index contributed by atoms with van der Waals surface area (Å²) in [4.78, 5) is 0. The number of nitrogen functional groups attached to an aromatic ring is 1. The number of hydrogen-bond acceptors (Lipinski definition) is 3. The van der Waals surface area contributed by atoms with E-state index in [9.17, 15) is 0 Å². The molecule has 1 aromatic carbocycles. The van der Waals surface area contributed by atoms with Gasteiger partial charge in [0.25, 0.3) is 0 Å². The minimum Gasteiger partial charge on any atom is -0.394 e. The lowest BCUT2D eigenvalue weighted by Gasteiger charge is -2.14. The van der Waals surface area contributed by atoms with E-state index in [1.807, 2.05) is 29.8 Å². The number of hydrogen-bond donors (Lipinski definition) is 2. The van der Waals surface area contributed by atoms with Gasteiger partial charge < -0.3 is 11.1 Å². The van der Waals surface area contributed by atoms with Crippen LogP contribution in [0.15, 0.2) is 27.1 Å². The highest BCUT2D eigenvalue weighted by molar-refractivity contribution is 9.11. The Morgan fingerprint density at radius 1 is 1.32 bits per heavy atom. The average molecular weight is 388 g/mol. The van der Waals surface area contributed by atoms with Crippen LogP contribution in [0.4, 0.5) is 17.2 Å². The zero-order chi connectivity index (χ0) is 14.2. The number of halogens is 2. The third-order valence-corrected chi connectivity index (χ3v) is 3.99. The van der Waals surface area contributed by atoms with Gasteiger partial charge in [-0.2, -0.15) is 5.10 Å². The Kier molecular flexibility index (Phi) is 4.20. The SMILES string of the molecule is Cc1nn(C(C)C)c(Nc2cc(Br)ccc2Br)c1N. The summed E-state index contributed by atoms with van der Waals surface area (Å²) in [5.41, 5.74) is 8.57. The van der Waals surface area contributed by atoms with Crippen LogP contribution in [-0.4, -0.2) is 9.78 Å². The maximum Gasteiger partial charge on any atom is 0.152 e. The lowest BCUT2D eigenvalue weighted by molar-refractivity contribution is 0.536. The summed E-state index contributed by atoms with van der Waals surface area (Å²) in [5, 5.41) is 7.81. The second-order valence-electron chi connectivity index (χ2n) is 4.64. The van der Waals surface area contributed by atoms with E-state index in [1.165, 1.54) is 0 Å². The van der Waals surface area contributed by atoms with Gasteiger partial charge in [0.1, 0.15) is 0 Å². The van der Waals surface area contributed by atoms with Crippen molar-refractivity contribution in [3.63, 3.8) is 0 Å². The zero-order valence-electron chi connectivity index (χ0n) is 11.0. The molecule has 19 heavy (non-hydrogen) atoms. The molecule has 2 aromatic rings. The van der Waals surface area contributed by atoms with Gasteiger partial charge in [0.05, 0.1) is 17.1 Å². The maximum atomic E-state index is 6.10. The first-order chi connectivity index (χ1) is 8.90. The fourth-order valence-corrected chi connectivity index (χ4v) is 2.49. The maximum absolute atomic E-state index is 6.10. The molecule has 3 N–H and O–H groups in total. The normalized spacial score (nSPS) is 11.1. The van der Waals surface area contributed by atoms with Crippen LogP contribution >= 0.6 is 31.9 Å². The summed E-state index contributed by atoms with van der Waals surface area (Å²) in [6.45, 7) is 6.06. The van der Waals surface area contributed by atoms with Gasteiger partial charge >= 0.3 is 0 Å². The summed E-state index contributed by atoms with van der Waals surface area (Å²) in [7, 11) is 0. The molecule has 0 aliphatic carbocycles. The Balaban J connectivity index is 2.45. The number of aromatic nitrogens is 2. The van der Waals surface area contributed by atoms with Crippen LogP contribution in [0.5, 0.6) is 0 Å². The van der Waals surface area contributed by atoms with E-state index in [4.69, 9.17) is 5.73 Å². The van der Waals surface area contributed by atoms with Crippen molar-refractivity contribution in [3.05, 3.63) is 32.8 Å². The lowest BCUT2D eigenvalue weighted by atomic mass is 10.3. The second-order valence-corrected chi connectivity index (χ2v) is 6.41. The summed E-state index contributed by atoms with van der Waals surface area (Å²) in [6, 6.07) is 6.19. The van der Waals surface area contributed by atoms with Crippen LogP contribution in [0.1, 0.15) is 25.6 Å². The molecule has 0 fully saturated rings. The Hall–Kier alpha value is -1.01. The third kappa shape index (κ3) is 2.95. The molecule has 0 radical (unpaired) electrons. The summed E-state index contributed by atoms with van der Waals surface area (Å²) < 4.78 is 3.88. The van der Waals surface area contributed by atoms with E-state index in [0.29, 0.717) is 5.69 Å². The molecule has 1 aromatic heterocycles. The monoisotopic (exact) mass is 386 g/mol. The van der Waals surface area contributed by atoms with Crippen LogP contribution in [-0.2, 0) is 0 Å². The van der Waals surface area contributed by atoms with Crippen molar-refractivity contribution in [1.82, 2.24) is 9.78 Å². The second kappa shape index (κ2) is 5.54. The van der Waals surface area contributed by atoms with E-state index in [1.54, 1.807) is 0 Å². The number of nitrogens with one attached hydrogen (secondary N) is 1. The summed E-state index contributed by atoms with van der Waals surface area (Å²) in [6.07, 6.45) is 0. The van der Waals surface area contributed by atoms with Crippen molar-refractivity contribution in [2.75, 3.05) is 11.1 Å². The first-order valence-electron chi connectivity index (χ1n) is 5.96. The Labute approximate surface area is 129 Å². The van der Waals surface area contributed by atoms with E-state index in [0.717, 1.165) is 26.1 Å². The van der Waals surface area contributed by atoms with Gasteiger partial charge in [-0.05, 0) is 54.9 Å². The molecule has 0 atom stereocenters. The zero-order valence-corrected chi connectivity index (χ0v) is 14.2. The number of aryl methyl sites for hydroxylation is 1. The highest BCUT2D eigenvalue weighted by Crippen LogP contribution is 2.33. The molecule has 2 rings (SSSR count). The van der Waals surface area contributed by atoms with Crippen molar-refractivity contribution in [2.24, 2.45) is 0 Å². The molecule has 6 heteroatoms. The fourth-order valence-electron chi connectivity index (χ4n) is 1.78. The Bertz CT molecular complexity index is 605. The molecule has 0 aliphatic rings. The minimum atomic E-state index is 0.240. The third-order valence-electron chi connectivity index (χ3n) is 2.80. The van der Waals surface area contributed by atoms with Crippen molar-refractivity contribution in [1.29, 1.82) is 0 Å². The Morgan fingerprint density at radius 3 is 2.63 bits per heavy atom. The first-order valence-corrected chi connectivity index (χ1v) is 7.55. The van der Waals surface area contributed by atoms with Crippen LogP contribution in [0.3, 0.4) is 0 Å². The summed E-state index contributed by atoms with van der Waals surface area (Å²) >= 11 is 6.99. The van der Waals surface area contributed by atoms with Crippen molar-refractivity contribution < 1.29 is 0 Å². The molecule has 0 amide bonds. The number of anilines is 3. The summed E-state index contributed by atoms with van der Waals surface area (Å²) in [5.74, 6) is 0.825. The van der Waals surface area contributed by atoms with Crippen LogP contribution in [0.2, 0.25) is 0 Å². The molecule has 0 bridgehead atoms. The van der Waals surface area contributed by atoms with Gasteiger partial charge in [-0.3, -0.25) is 0 Å². The molecule has 0 aliphatic heterocycles. The van der Waals surface area contributed by atoms with Gasteiger partial charge in [0.2, 0.25) is 0 Å². The molecule has 0 spiro atoms. The highest BCUT2D eigenvalue weighted by atomic mass is 79.9. The number of rotatable bonds is 3. The van der Waals surface area contributed by atoms with Crippen LogP contribution < -0.4 is 11.1 Å². The van der Waals surface area contributed by atoms with Crippen molar-refractivity contribution in [3.8, 4) is 0 Å². The lowest BCUT2D eigenvalue weighted by Crippen LogP contribution is -2.08. The smallest absolute Gasteiger partial charge is 0.152 e. The topological polar surface area (TPSA) is 55.9 Å². The molecule has 0 saturated heterocycles. The fraction of sp³-hybridized carbons (Fsp3) is 0.308. The van der Waals surface area contributed by atoms with E-state index in [-0.39, 0.29) is 6.04 Å². The quantitative estimate of drug-likeness (QED) is 0.807. The molecular weight excluding hydrogens is 372 g/mol. The number of benzene rings is 1. The van der Waals surface area contributed by atoms with Gasteiger partial charge in [-0.25, -0.2) is 4.68 Å². The van der Waals surface area contributed by atoms with E-state index in [2.05, 4.69) is 56.1 Å². The molecule has 1 heterocycles. The number of nitrogens with two attached hydrogens (primary N) is 1. The number of nitrogens with zero attached hydrogens (tertiary/aromatic N) is 2. The first kappa shape index (κ1) is 14.4. The Morgan fingerprint density at radius 2 is 2.00 bits per heavy atom. The predicted octanol–water partition coefficient (Wildman–Crippen LogP) is 4.62. The van der Waals surface area contributed by atoms with E-state index < -0.39 is 0 Å². The molecule has 0 unspecified atom stereocenters. The van der Waals surface area contributed by atoms with Crippen LogP contribution in [0.25, 0.3) is 0 Å². The molecule has 4 nitrogen and oxygen atoms in total. The van der Waals surface area contributed by atoms with Crippen molar-refractivity contribution >= 4 is 49.1 Å². The van der Waals surface area contributed by atoms with Gasteiger partial charge in [0, 0.05) is 15.0 Å². The molecule has 0 saturated carbocycles. The van der Waals surface area contributed by atoms with Gasteiger partial charge in [-0.1, -0.05) is 15.9 Å². The predicted molar refractivity (Wildman–Crippen MR) is 86.9 cm³/mol. The molecule has 102 valence electrons. The molecular formula is C13H16Br2N4.